The van der Waals surface area contributed by atoms with E-state index in [0.29, 0.717) is 12.5 Å². The van der Waals surface area contributed by atoms with E-state index >= 15 is 0 Å². The van der Waals surface area contributed by atoms with Gasteiger partial charge in [-0.3, -0.25) is 4.90 Å². The maximum atomic E-state index is 13.7. The summed E-state index contributed by atoms with van der Waals surface area (Å²) in [6.07, 6.45) is 6.63. The molecule has 1 aromatic carbocycles. The molecule has 7 nitrogen and oxygen atoms in total. The van der Waals surface area contributed by atoms with Gasteiger partial charge in [0.2, 0.25) is 0 Å². The Labute approximate surface area is 204 Å². The normalized spacial score (nSPS) is 30.3. The molecule has 2 amide bonds. The Morgan fingerprint density at radius 2 is 1.62 bits per heavy atom. The van der Waals surface area contributed by atoms with Gasteiger partial charge >= 0.3 is 6.03 Å². The molecule has 4 fully saturated rings. The van der Waals surface area contributed by atoms with Crippen LogP contribution in [0.15, 0.2) is 30.3 Å². The van der Waals surface area contributed by atoms with Crippen LogP contribution in [0.3, 0.4) is 0 Å². The number of β-amino-alcohol motifs (C(OH)–C–C–N with tert-alkyl or cyclic N) is 1. The minimum atomic E-state index is -3.07. The zero-order valence-electron chi connectivity index (χ0n) is 20.6. The number of benzene rings is 1. The summed E-state index contributed by atoms with van der Waals surface area (Å²) in [6.45, 7) is 1.68. The van der Waals surface area contributed by atoms with Crippen molar-refractivity contribution in [2.45, 2.75) is 68.0 Å². The van der Waals surface area contributed by atoms with Crippen molar-refractivity contribution in [3.05, 3.63) is 35.9 Å². The number of hydrogen-bond acceptors (Lipinski definition) is 5. The molecule has 4 aliphatic rings. The maximum Gasteiger partial charge on any atom is 0.320 e. The number of carbonyl (C=O) groups excluding carboxylic acids is 1. The van der Waals surface area contributed by atoms with E-state index in [4.69, 9.17) is 0 Å². The molecular weight excluding hydrogens is 450 g/mol. The molecule has 1 aromatic rings. The molecule has 0 radical (unpaired) electrons. The summed E-state index contributed by atoms with van der Waals surface area (Å²) in [5, 5.41) is 11.2. The summed E-state index contributed by atoms with van der Waals surface area (Å²) >= 11 is 0. The van der Waals surface area contributed by atoms with Crippen molar-refractivity contribution in [2.24, 2.45) is 5.92 Å². The van der Waals surface area contributed by atoms with Gasteiger partial charge in [0, 0.05) is 18.6 Å². The molecule has 5 rings (SSSR count). The van der Waals surface area contributed by atoms with E-state index in [9.17, 15) is 18.3 Å². The van der Waals surface area contributed by atoms with Gasteiger partial charge in [-0.2, -0.15) is 0 Å². The fraction of sp³-hybridized carbons (Fsp3) is 0.731. The van der Waals surface area contributed by atoms with Crippen LogP contribution in [0.4, 0.5) is 4.79 Å². The van der Waals surface area contributed by atoms with Gasteiger partial charge in [0.25, 0.3) is 0 Å². The fourth-order valence-electron chi connectivity index (χ4n) is 6.57. The Morgan fingerprint density at radius 3 is 2.18 bits per heavy atom. The van der Waals surface area contributed by atoms with Gasteiger partial charge in [-0.05, 0) is 76.9 Å². The molecule has 0 bridgehead atoms. The van der Waals surface area contributed by atoms with Gasteiger partial charge in [-0.15, -0.1) is 0 Å². The van der Waals surface area contributed by atoms with E-state index in [1.165, 1.54) is 18.4 Å². The third-order valence-electron chi connectivity index (χ3n) is 9.11. The first kappa shape index (κ1) is 24.1. The van der Waals surface area contributed by atoms with Crippen LogP contribution in [-0.4, -0.2) is 90.6 Å². The summed E-state index contributed by atoms with van der Waals surface area (Å²) in [5.41, 5.74) is -0.0125. The van der Waals surface area contributed by atoms with Gasteiger partial charge in [0.05, 0.1) is 29.2 Å². The molecule has 2 heterocycles. The second-order valence-electron chi connectivity index (χ2n) is 11.6. The number of nitrogens with zero attached hydrogens (tertiary/aromatic N) is 3. The first-order valence-electron chi connectivity index (χ1n) is 12.8. The number of rotatable bonds is 6. The predicted octanol–water partition coefficient (Wildman–Crippen LogP) is 2.84. The van der Waals surface area contributed by atoms with E-state index in [0.717, 1.165) is 32.2 Å². The molecule has 0 atom stereocenters. The highest BCUT2D eigenvalue weighted by molar-refractivity contribution is 7.91. The topological polar surface area (TPSA) is 81.2 Å². The Balaban J connectivity index is 1.36. The summed E-state index contributed by atoms with van der Waals surface area (Å²) in [7, 11) is 1.24. The third-order valence-corrected chi connectivity index (χ3v) is 10.8. The Hall–Kier alpha value is -1.64. The molecule has 2 saturated heterocycles. The van der Waals surface area contributed by atoms with E-state index in [2.05, 4.69) is 54.2 Å². The second kappa shape index (κ2) is 8.49. The Kier molecular flexibility index (Phi) is 6.01. The zero-order chi connectivity index (χ0) is 24.2. The molecular formula is C26H39N3O4S. The van der Waals surface area contributed by atoms with E-state index in [1.54, 1.807) is 0 Å². The van der Waals surface area contributed by atoms with Crippen molar-refractivity contribution in [1.82, 2.24) is 14.7 Å². The Morgan fingerprint density at radius 1 is 1.00 bits per heavy atom. The zero-order valence-corrected chi connectivity index (χ0v) is 21.4. The number of urea groups is 1. The first-order chi connectivity index (χ1) is 16.1. The van der Waals surface area contributed by atoms with Crippen molar-refractivity contribution in [2.75, 3.05) is 45.2 Å². The lowest BCUT2D eigenvalue weighted by molar-refractivity contribution is 0.00232. The molecule has 34 heavy (non-hydrogen) atoms. The number of amides is 2. The van der Waals surface area contributed by atoms with Crippen molar-refractivity contribution >= 4 is 15.9 Å². The van der Waals surface area contributed by atoms with Crippen LogP contribution in [0, 0.1) is 5.92 Å². The number of aliphatic hydroxyl groups is 1. The van der Waals surface area contributed by atoms with Crippen LogP contribution in [0.25, 0.3) is 0 Å². The van der Waals surface area contributed by atoms with Crippen LogP contribution in [0.5, 0.6) is 0 Å². The lowest BCUT2D eigenvalue weighted by Crippen LogP contribution is -2.55. The lowest BCUT2D eigenvalue weighted by atomic mass is 9.68. The van der Waals surface area contributed by atoms with E-state index < -0.39 is 15.4 Å². The minimum Gasteiger partial charge on any atom is -0.388 e. The average molecular weight is 490 g/mol. The Bertz CT molecular complexity index is 1000. The molecule has 188 valence electrons. The number of hydrogen-bond donors (Lipinski definition) is 1. The van der Waals surface area contributed by atoms with Crippen molar-refractivity contribution in [1.29, 1.82) is 0 Å². The summed E-state index contributed by atoms with van der Waals surface area (Å²) in [4.78, 5) is 20.0. The summed E-state index contributed by atoms with van der Waals surface area (Å²) in [6, 6.07) is 10.7. The molecule has 2 saturated carbocycles. The molecule has 2 aliphatic heterocycles. The first-order valence-corrected chi connectivity index (χ1v) is 14.6. The van der Waals surface area contributed by atoms with Gasteiger partial charge < -0.3 is 14.9 Å². The molecule has 8 heteroatoms. The van der Waals surface area contributed by atoms with Crippen molar-refractivity contribution < 1.29 is 18.3 Å². The smallest absolute Gasteiger partial charge is 0.320 e. The van der Waals surface area contributed by atoms with Crippen LogP contribution in [0.2, 0.25) is 0 Å². The summed E-state index contributed by atoms with van der Waals surface area (Å²) < 4.78 is 23.8. The SMILES string of the molecule is CN(C)[C@]1(c2ccccc2)CC[C@]2(CC1)CN(CC1(O)CCS(=O)(=O)CC1)C(=O)N2CC1CC1. The molecule has 0 unspecified atom stereocenters. The number of carbonyl (C=O) groups is 1. The van der Waals surface area contributed by atoms with Gasteiger partial charge in [-0.25, -0.2) is 13.2 Å². The molecule has 2 aliphatic carbocycles. The quantitative estimate of drug-likeness (QED) is 0.665. The molecule has 0 aromatic heterocycles. The predicted molar refractivity (Wildman–Crippen MR) is 132 cm³/mol. The highest BCUT2D eigenvalue weighted by Crippen LogP contribution is 2.50. The van der Waals surface area contributed by atoms with Gasteiger partial charge in [0.15, 0.2) is 9.84 Å². The molecule has 1 N–H and O–H groups in total. The van der Waals surface area contributed by atoms with Crippen molar-refractivity contribution in [3.63, 3.8) is 0 Å². The highest BCUT2D eigenvalue weighted by Gasteiger charge is 2.56. The highest BCUT2D eigenvalue weighted by atomic mass is 32.2. The largest absolute Gasteiger partial charge is 0.388 e. The van der Waals surface area contributed by atoms with Crippen LogP contribution in [0.1, 0.15) is 56.9 Å². The maximum absolute atomic E-state index is 13.7. The molecule has 1 spiro atoms. The standard InChI is InChI=1S/C26H39N3O4S/c1-27(2)26(22-6-4-3-5-7-22)12-10-24(11-13-26)19-28(23(30)29(24)18-21-8-9-21)20-25(31)14-16-34(32,33)17-15-25/h3-7,21,31H,8-20H2,1-2H3/t24-,26+. The fourth-order valence-corrected chi connectivity index (χ4v) is 8.15. The van der Waals surface area contributed by atoms with Crippen LogP contribution in [-0.2, 0) is 15.4 Å². The monoisotopic (exact) mass is 489 g/mol. The number of sulfone groups is 1. The average Bonchev–Trinajstić information content (AvgIpc) is 3.60. The van der Waals surface area contributed by atoms with Crippen molar-refractivity contribution in [3.8, 4) is 0 Å². The second-order valence-corrected chi connectivity index (χ2v) is 13.9. The van der Waals surface area contributed by atoms with E-state index in [-0.39, 0.29) is 48.0 Å². The van der Waals surface area contributed by atoms with Crippen LogP contribution >= 0.6 is 0 Å². The lowest BCUT2D eigenvalue weighted by Gasteiger charge is -2.51. The third kappa shape index (κ3) is 4.37. The van der Waals surface area contributed by atoms with Gasteiger partial charge in [0.1, 0.15) is 0 Å². The van der Waals surface area contributed by atoms with E-state index in [1.807, 2.05) is 4.90 Å². The summed E-state index contributed by atoms with van der Waals surface area (Å²) in [5.74, 6) is 0.605. The van der Waals surface area contributed by atoms with Crippen LogP contribution < -0.4 is 0 Å². The minimum absolute atomic E-state index is 0.00485. The van der Waals surface area contributed by atoms with Gasteiger partial charge in [-0.1, -0.05) is 30.3 Å².